The number of anilines is 1. The molecule has 1 saturated heterocycles. The molecular weight excluding hydrogens is 470 g/mol. The van der Waals surface area contributed by atoms with E-state index in [2.05, 4.69) is 15.6 Å². The molecule has 1 fully saturated rings. The molecule has 11 heteroatoms. The number of nitrogens with zero attached hydrogens (tertiary/aromatic N) is 4. The van der Waals surface area contributed by atoms with Gasteiger partial charge in [0.05, 0.1) is 32.6 Å². The molecule has 2 heterocycles. The highest BCUT2D eigenvalue weighted by Gasteiger charge is 2.29. The van der Waals surface area contributed by atoms with E-state index in [4.69, 9.17) is 9.47 Å². The first-order valence-electron chi connectivity index (χ1n) is 11.2. The van der Waals surface area contributed by atoms with Gasteiger partial charge in [-0.1, -0.05) is 35.5 Å². The molecule has 1 aromatic heterocycles. The van der Waals surface area contributed by atoms with E-state index < -0.39 is 15.9 Å². The van der Waals surface area contributed by atoms with Crippen LogP contribution < -0.4 is 10.1 Å². The summed E-state index contributed by atoms with van der Waals surface area (Å²) in [5.41, 5.74) is 1.95. The van der Waals surface area contributed by atoms with Crippen molar-refractivity contribution in [2.45, 2.75) is 18.4 Å². The minimum atomic E-state index is -3.81. The summed E-state index contributed by atoms with van der Waals surface area (Å²) in [6, 6.07) is 14.4. The Balaban J connectivity index is 1.45. The lowest BCUT2D eigenvalue weighted by Crippen LogP contribution is -2.40. The van der Waals surface area contributed by atoms with Crippen LogP contribution in [0.2, 0.25) is 0 Å². The van der Waals surface area contributed by atoms with Crippen LogP contribution >= 0.6 is 0 Å². The molecule has 3 aromatic rings. The van der Waals surface area contributed by atoms with Gasteiger partial charge in [-0.3, -0.25) is 4.79 Å². The molecule has 0 radical (unpaired) electrons. The zero-order valence-corrected chi connectivity index (χ0v) is 20.1. The van der Waals surface area contributed by atoms with Gasteiger partial charge in [-0.2, -0.15) is 4.31 Å². The van der Waals surface area contributed by atoms with E-state index in [0.29, 0.717) is 37.7 Å². The molecule has 1 aliphatic heterocycles. The number of aromatic nitrogens is 3. The number of hydrogen-bond acceptors (Lipinski definition) is 7. The van der Waals surface area contributed by atoms with Gasteiger partial charge in [0.2, 0.25) is 15.9 Å². The summed E-state index contributed by atoms with van der Waals surface area (Å²) in [5.74, 6) is -0.191. The first-order valence-corrected chi connectivity index (χ1v) is 12.7. The van der Waals surface area contributed by atoms with E-state index >= 15 is 0 Å². The third kappa shape index (κ3) is 6.32. The number of nitrogens with one attached hydrogen (secondary N) is 1. The average molecular weight is 498 g/mol. The molecule has 0 bridgehead atoms. The largest absolute Gasteiger partial charge is 0.492 e. The van der Waals surface area contributed by atoms with Gasteiger partial charge in [0, 0.05) is 24.9 Å². The number of amides is 1. The Hall–Kier alpha value is -3.54. The van der Waals surface area contributed by atoms with Crippen LogP contribution in [-0.2, 0) is 26.1 Å². The second kappa shape index (κ2) is 11.3. The smallest absolute Gasteiger partial charge is 0.248 e. The quantitative estimate of drug-likeness (QED) is 0.451. The fourth-order valence-electron chi connectivity index (χ4n) is 3.57. The van der Waals surface area contributed by atoms with Gasteiger partial charge in [0.1, 0.15) is 16.3 Å². The highest BCUT2D eigenvalue weighted by atomic mass is 32.2. The first-order chi connectivity index (χ1) is 17.0. The Kier molecular flexibility index (Phi) is 7.91. The fourth-order valence-corrected chi connectivity index (χ4v) is 5.14. The molecule has 1 N–H and O–H groups in total. The fraction of sp³-hybridized carbons (Fsp3) is 0.292. The second-order valence-electron chi connectivity index (χ2n) is 7.76. The molecule has 0 spiro atoms. The maximum absolute atomic E-state index is 13.2. The van der Waals surface area contributed by atoms with E-state index in [-0.39, 0.29) is 23.7 Å². The van der Waals surface area contributed by atoms with Gasteiger partial charge in [-0.15, -0.1) is 5.10 Å². The van der Waals surface area contributed by atoms with Crippen LogP contribution in [0.15, 0.2) is 65.7 Å². The third-order valence-electron chi connectivity index (χ3n) is 5.25. The number of rotatable bonds is 9. The van der Waals surface area contributed by atoms with Crippen LogP contribution in [0.5, 0.6) is 5.75 Å². The summed E-state index contributed by atoms with van der Waals surface area (Å²) in [6.07, 6.45) is 4.61. The molecular formula is C24H27N5O5S. The highest BCUT2D eigenvalue weighted by molar-refractivity contribution is 7.89. The maximum atomic E-state index is 13.2. The Bertz CT molecular complexity index is 1280. The van der Waals surface area contributed by atoms with Gasteiger partial charge in [0.25, 0.3) is 0 Å². The third-order valence-corrected chi connectivity index (χ3v) is 7.17. The van der Waals surface area contributed by atoms with Crippen molar-refractivity contribution in [2.75, 3.05) is 38.2 Å². The molecule has 2 aromatic carbocycles. The summed E-state index contributed by atoms with van der Waals surface area (Å²) in [4.78, 5) is 12.5. The van der Waals surface area contributed by atoms with E-state index in [9.17, 15) is 13.2 Å². The van der Waals surface area contributed by atoms with Crippen molar-refractivity contribution >= 4 is 27.7 Å². The Morgan fingerprint density at radius 3 is 2.69 bits per heavy atom. The molecule has 184 valence electrons. The van der Waals surface area contributed by atoms with Gasteiger partial charge in [0.15, 0.2) is 0 Å². The molecule has 0 aliphatic carbocycles. The number of hydrogen-bond donors (Lipinski definition) is 1. The van der Waals surface area contributed by atoms with Crippen molar-refractivity contribution in [3.8, 4) is 5.75 Å². The van der Waals surface area contributed by atoms with Gasteiger partial charge in [-0.05, 0) is 36.8 Å². The number of sulfonamides is 1. The summed E-state index contributed by atoms with van der Waals surface area (Å²) < 4.78 is 40.3. The molecule has 35 heavy (non-hydrogen) atoms. The topological polar surface area (TPSA) is 116 Å². The monoisotopic (exact) mass is 497 g/mol. The lowest BCUT2D eigenvalue weighted by Gasteiger charge is -2.27. The number of morpholine rings is 1. The molecule has 0 unspecified atom stereocenters. The minimum Gasteiger partial charge on any atom is -0.492 e. The van der Waals surface area contributed by atoms with Crippen molar-refractivity contribution in [2.24, 2.45) is 0 Å². The minimum absolute atomic E-state index is 0.00637. The van der Waals surface area contributed by atoms with E-state index in [1.807, 2.05) is 30.3 Å². The van der Waals surface area contributed by atoms with Crippen LogP contribution in [0.25, 0.3) is 6.08 Å². The second-order valence-corrected chi connectivity index (χ2v) is 9.67. The van der Waals surface area contributed by atoms with Gasteiger partial charge >= 0.3 is 0 Å². The highest BCUT2D eigenvalue weighted by Crippen LogP contribution is 2.30. The van der Waals surface area contributed by atoms with Crippen molar-refractivity contribution in [3.63, 3.8) is 0 Å². The summed E-state index contributed by atoms with van der Waals surface area (Å²) >= 11 is 0. The SMILES string of the molecule is CCOc1ccc(NC(=O)/C=C/c2cn(Cc3ccccc3)nn2)cc1S(=O)(=O)N1CCOCC1. The van der Waals surface area contributed by atoms with Crippen LogP contribution in [0.4, 0.5) is 5.69 Å². The lowest BCUT2D eigenvalue weighted by atomic mass is 10.2. The molecule has 4 rings (SSSR count). The van der Waals surface area contributed by atoms with E-state index in [1.54, 1.807) is 36.0 Å². The Labute approximate surface area is 204 Å². The number of benzene rings is 2. The van der Waals surface area contributed by atoms with Gasteiger partial charge < -0.3 is 14.8 Å². The molecule has 1 aliphatic rings. The summed E-state index contributed by atoms with van der Waals surface area (Å²) in [6.45, 7) is 3.85. The lowest BCUT2D eigenvalue weighted by molar-refractivity contribution is -0.111. The molecule has 0 atom stereocenters. The first kappa shape index (κ1) is 24.6. The Morgan fingerprint density at radius 1 is 1.17 bits per heavy atom. The van der Waals surface area contributed by atoms with Crippen molar-refractivity contribution < 1.29 is 22.7 Å². The van der Waals surface area contributed by atoms with Crippen LogP contribution in [0.1, 0.15) is 18.2 Å². The number of ether oxygens (including phenoxy) is 2. The van der Waals surface area contributed by atoms with Crippen LogP contribution in [-0.4, -0.2) is 66.5 Å². The molecule has 0 saturated carbocycles. The molecule has 10 nitrogen and oxygen atoms in total. The van der Waals surface area contributed by atoms with Crippen molar-refractivity contribution in [3.05, 3.63) is 72.1 Å². The zero-order valence-electron chi connectivity index (χ0n) is 19.3. The summed E-state index contributed by atoms with van der Waals surface area (Å²) in [7, 11) is -3.81. The zero-order chi connectivity index (χ0) is 24.7. The predicted octanol–water partition coefficient (Wildman–Crippen LogP) is 2.40. The van der Waals surface area contributed by atoms with Crippen LogP contribution in [0.3, 0.4) is 0 Å². The number of carbonyl (C=O) groups is 1. The maximum Gasteiger partial charge on any atom is 0.248 e. The average Bonchev–Trinajstić information content (AvgIpc) is 3.32. The van der Waals surface area contributed by atoms with Crippen molar-refractivity contribution in [1.29, 1.82) is 0 Å². The van der Waals surface area contributed by atoms with E-state index in [0.717, 1.165) is 5.56 Å². The van der Waals surface area contributed by atoms with Gasteiger partial charge in [-0.25, -0.2) is 13.1 Å². The van der Waals surface area contributed by atoms with Crippen LogP contribution in [0, 0.1) is 0 Å². The van der Waals surface area contributed by atoms with E-state index in [1.165, 1.54) is 16.4 Å². The standard InChI is InChI=1S/C24H27N5O5S/c1-2-34-22-10-8-20(16-23(22)35(31,32)29-12-14-33-15-13-29)25-24(30)11-9-21-18-28(27-26-21)17-19-6-4-3-5-7-19/h3-11,16,18H,2,12-15,17H2,1H3,(H,25,30)/b11-9+. The predicted molar refractivity (Wildman–Crippen MR) is 130 cm³/mol. The molecule has 1 amide bonds. The number of carbonyl (C=O) groups excluding carboxylic acids is 1. The normalized spacial score (nSPS) is 14.8. The Morgan fingerprint density at radius 2 is 1.94 bits per heavy atom. The summed E-state index contributed by atoms with van der Waals surface area (Å²) in [5, 5.41) is 10.8. The van der Waals surface area contributed by atoms with Crippen molar-refractivity contribution in [1.82, 2.24) is 19.3 Å².